The minimum Gasteiger partial charge on any atom is -0.497 e. The van der Waals surface area contributed by atoms with Gasteiger partial charge in [0, 0.05) is 40.0 Å². The highest BCUT2D eigenvalue weighted by Crippen LogP contribution is 2.49. The van der Waals surface area contributed by atoms with Gasteiger partial charge in [-0.05, 0) is 47.7 Å². The van der Waals surface area contributed by atoms with Crippen LogP contribution in [0.1, 0.15) is 11.1 Å². The van der Waals surface area contributed by atoms with E-state index in [0.717, 1.165) is 62.3 Å². The quantitative estimate of drug-likeness (QED) is 0.411. The fourth-order valence-electron chi connectivity index (χ4n) is 5.30. The van der Waals surface area contributed by atoms with Crippen molar-refractivity contribution in [3.63, 3.8) is 0 Å². The molecule has 0 saturated heterocycles. The number of aromatic nitrogens is 2. The Hall–Kier alpha value is -3.44. The lowest BCUT2D eigenvalue weighted by molar-refractivity contribution is 0.280. The number of para-hydroxylation sites is 1. The second kappa shape index (κ2) is 6.28. The summed E-state index contributed by atoms with van der Waals surface area (Å²) in [5.41, 5.74) is 6.95. The largest absolute Gasteiger partial charge is 0.497 e. The SMILES string of the molecule is COc1ccc2c(c1)CCc1c-2c2c(O)[nH]cc2c2c3ccccc3n(CCO)c12. The number of rotatable bonds is 3. The Morgan fingerprint density at radius 2 is 1.93 bits per heavy atom. The van der Waals surface area contributed by atoms with Gasteiger partial charge in [0.1, 0.15) is 5.75 Å². The molecule has 0 atom stereocenters. The van der Waals surface area contributed by atoms with Crippen molar-refractivity contribution >= 4 is 32.6 Å². The number of aryl methyl sites for hydroxylation is 2. The van der Waals surface area contributed by atoms with Gasteiger partial charge in [-0.1, -0.05) is 24.3 Å². The van der Waals surface area contributed by atoms with Crippen molar-refractivity contribution in [2.75, 3.05) is 13.7 Å². The van der Waals surface area contributed by atoms with Crippen LogP contribution in [0.15, 0.2) is 48.7 Å². The molecular formula is C25H22N2O3. The number of aliphatic hydroxyl groups excluding tert-OH is 1. The third-order valence-electron chi connectivity index (χ3n) is 6.49. The van der Waals surface area contributed by atoms with E-state index in [0.29, 0.717) is 6.54 Å². The monoisotopic (exact) mass is 398 g/mol. The first-order chi connectivity index (χ1) is 14.7. The third kappa shape index (κ3) is 2.15. The average molecular weight is 398 g/mol. The molecule has 0 bridgehead atoms. The number of H-pyrrole nitrogens is 1. The van der Waals surface area contributed by atoms with Crippen molar-refractivity contribution in [3.05, 3.63) is 59.8 Å². The van der Waals surface area contributed by atoms with Gasteiger partial charge < -0.3 is 24.5 Å². The number of aromatic amines is 1. The summed E-state index contributed by atoms with van der Waals surface area (Å²) in [6.45, 7) is 0.612. The maximum atomic E-state index is 10.8. The first-order valence-corrected chi connectivity index (χ1v) is 10.3. The van der Waals surface area contributed by atoms with Gasteiger partial charge >= 0.3 is 0 Å². The number of benzene rings is 3. The summed E-state index contributed by atoms with van der Waals surface area (Å²) in [5.74, 6) is 1.05. The average Bonchev–Trinajstić information content (AvgIpc) is 3.32. The lowest BCUT2D eigenvalue weighted by atomic mass is 9.82. The van der Waals surface area contributed by atoms with Crippen LogP contribution in [0, 0.1) is 0 Å². The summed E-state index contributed by atoms with van der Waals surface area (Å²) in [4.78, 5) is 3.05. The molecule has 1 aliphatic rings. The summed E-state index contributed by atoms with van der Waals surface area (Å²) >= 11 is 0. The van der Waals surface area contributed by atoms with Gasteiger partial charge in [-0.15, -0.1) is 0 Å². The van der Waals surface area contributed by atoms with Crippen molar-refractivity contribution in [1.29, 1.82) is 0 Å². The Morgan fingerprint density at radius 1 is 1.07 bits per heavy atom. The standard InChI is InChI=1S/C25H22N2O3/c1-30-15-7-9-16-14(12-15)6-8-18-21(16)23-19(13-26-25(23)29)22-17-4-2-3-5-20(17)27(10-11-28)24(18)22/h2-5,7,9,12-13,26,28-29H,6,8,10-11H2,1H3. The van der Waals surface area contributed by atoms with Crippen molar-refractivity contribution in [3.8, 4) is 22.8 Å². The zero-order chi connectivity index (χ0) is 20.4. The Kier molecular flexibility index (Phi) is 3.65. The van der Waals surface area contributed by atoms with E-state index in [9.17, 15) is 10.2 Å². The van der Waals surface area contributed by atoms with E-state index in [2.05, 4.69) is 33.8 Å². The van der Waals surface area contributed by atoms with Crippen molar-refractivity contribution in [1.82, 2.24) is 9.55 Å². The van der Waals surface area contributed by atoms with Gasteiger partial charge in [0.25, 0.3) is 0 Å². The smallest absolute Gasteiger partial charge is 0.197 e. The highest BCUT2D eigenvalue weighted by Gasteiger charge is 2.28. The van der Waals surface area contributed by atoms with Gasteiger partial charge in [-0.25, -0.2) is 0 Å². The van der Waals surface area contributed by atoms with E-state index in [1.807, 2.05) is 24.4 Å². The van der Waals surface area contributed by atoms with E-state index >= 15 is 0 Å². The predicted octanol–water partition coefficient (Wildman–Crippen LogP) is 4.75. The molecule has 0 radical (unpaired) electrons. The lowest BCUT2D eigenvalue weighted by Gasteiger charge is -2.24. The first kappa shape index (κ1) is 17.4. The molecule has 30 heavy (non-hydrogen) atoms. The Labute approximate surface area is 173 Å². The third-order valence-corrected chi connectivity index (χ3v) is 6.49. The molecule has 6 rings (SSSR count). The molecule has 0 aliphatic heterocycles. The second-order valence-electron chi connectivity index (χ2n) is 7.92. The summed E-state index contributed by atoms with van der Waals surface area (Å²) in [6.07, 6.45) is 3.68. The maximum absolute atomic E-state index is 10.8. The van der Waals surface area contributed by atoms with E-state index in [4.69, 9.17) is 4.74 Å². The predicted molar refractivity (Wildman–Crippen MR) is 119 cm³/mol. The van der Waals surface area contributed by atoms with Crippen LogP contribution in [0.3, 0.4) is 0 Å². The van der Waals surface area contributed by atoms with Crippen molar-refractivity contribution < 1.29 is 14.9 Å². The number of hydrogen-bond acceptors (Lipinski definition) is 3. The van der Waals surface area contributed by atoms with Crippen molar-refractivity contribution in [2.45, 2.75) is 19.4 Å². The number of nitrogens with zero attached hydrogens (tertiary/aromatic N) is 1. The molecule has 0 spiro atoms. The summed E-state index contributed by atoms with van der Waals surface area (Å²) in [5, 5.41) is 24.8. The molecule has 3 N–H and O–H groups in total. The van der Waals surface area contributed by atoms with E-state index in [1.165, 1.54) is 11.1 Å². The highest BCUT2D eigenvalue weighted by atomic mass is 16.5. The first-order valence-electron chi connectivity index (χ1n) is 10.3. The molecule has 5 aromatic rings. The van der Waals surface area contributed by atoms with Crippen LogP contribution in [0.5, 0.6) is 11.6 Å². The minimum atomic E-state index is 0.0761. The Balaban J connectivity index is 1.85. The fourth-order valence-corrected chi connectivity index (χ4v) is 5.30. The van der Waals surface area contributed by atoms with E-state index in [1.54, 1.807) is 7.11 Å². The number of ether oxygens (including phenoxy) is 1. The zero-order valence-corrected chi connectivity index (χ0v) is 16.7. The molecule has 1 aliphatic carbocycles. The normalized spacial score (nSPS) is 13.1. The molecule has 0 saturated carbocycles. The van der Waals surface area contributed by atoms with Crippen LogP contribution in [0.4, 0.5) is 0 Å². The van der Waals surface area contributed by atoms with Crippen LogP contribution in [-0.2, 0) is 19.4 Å². The molecule has 5 heteroatoms. The molecular weight excluding hydrogens is 376 g/mol. The second-order valence-corrected chi connectivity index (χ2v) is 7.92. The maximum Gasteiger partial charge on any atom is 0.197 e. The molecule has 0 fully saturated rings. The number of methoxy groups -OCH3 is 1. The number of aromatic hydroxyl groups is 1. The minimum absolute atomic E-state index is 0.0761. The molecule has 5 nitrogen and oxygen atoms in total. The van der Waals surface area contributed by atoms with Crippen LogP contribution < -0.4 is 4.74 Å². The van der Waals surface area contributed by atoms with Gasteiger partial charge in [-0.3, -0.25) is 0 Å². The molecule has 150 valence electrons. The van der Waals surface area contributed by atoms with Crippen LogP contribution in [-0.4, -0.2) is 33.5 Å². The number of hydrogen-bond donors (Lipinski definition) is 3. The lowest BCUT2D eigenvalue weighted by Crippen LogP contribution is -2.09. The van der Waals surface area contributed by atoms with Gasteiger partial charge in [0.15, 0.2) is 5.88 Å². The van der Waals surface area contributed by atoms with Gasteiger partial charge in [0.2, 0.25) is 0 Å². The van der Waals surface area contributed by atoms with E-state index < -0.39 is 0 Å². The van der Waals surface area contributed by atoms with Crippen LogP contribution >= 0.6 is 0 Å². The topological polar surface area (TPSA) is 70.4 Å². The molecule has 0 unspecified atom stereocenters. The summed E-state index contributed by atoms with van der Waals surface area (Å²) < 4.78 is 7.68. The van der Waals surface area contributed by atoms with Gasteiger partial charge in [-0.2, -0.15) is 0 Å². The number of aliphatic hydroxyl groups is 1. The molecule has 3 aromatic carbocycles. The summed E-state index contributed by atoms with van der Waals surface area (Å²) in [6, 6.07) is 14.5. The highest BCUT2D eigenvalue weighted by molar-refractivity contribution is 6.26. The molecule has 2 heterocycles. The summed E-state index contributed by atoms with van der Waals surface area (Å²) in [7, 11) is 1.69. The molecule has 0 amide bonds. The van der Waals surface area contributed by atoms with Crippen molar-refractivity contribution in [2.24, 2.45) is 0 Å². The molecule has 2 aromatic heterocycles. The zero-order valence-electron chi connectivity index (χ0n) is 16.7. The Morgan fingerprint density at radius 3 is 2.77 bits per heavy atom. The van der Waals surface area contributed by atoms with Crippen LogP contribution in [0.2, 0.25) is 0 Å². The Bertz CT molecular complexity index is 1460. The van der Waals surface area contributed by atoms with Crippen LogP contribution in [0.25, 0.3) is 43.7 Å². The number of nitrogens with one attached hydrogen (secondary N) is 1. The van der Waals surface area contributed by atoms with Gasteiger partial charge in [0.05, 0.1) is 24.6 Å². The van der Waals surface area contributed by atoms with E-state index in [-0.39, 0.29) is 12.5 Å². The number of fused-ring (bicyclic) bond motifs is 10. The fraction of sp³-hybridized carbons (Fsp3) is 0.200.